The van der Waals surface area contributed by atoms with Crippen LogP contribution >= 0.6 is 15.9 Å². The van der Waals surface area contributed by atoms with Crippen LogP contribution in [-0.4, -0.2) is 30.7 Å². The third kappa shape index (κ3) is 7.24. The Morgan fingerprint density at radius 3 is 2.36 bits per heavy atom. The van der Waals surface area contributed by atoms with Crippen LogP contribution in [0.4, 0.5) is 0 Å². The second-order valence-corrected chi connectivity index (χ2v) is 8.59. The van der Waals surface area contributed by atoms with E-state index in [4.69, 9.17) is 9.47 Å². The molecule has 1 rings (SSSR count). The van der Waals surface area contributed by atoms with Crippen LogP contribution in [0.1, 0.15) is 53.5 Å². The lowest BCUT2D eigenvalue weighted by Crippen LogP contribution is -2.43. The van der Waals surface area contributed by atoms with Gasteiger partial charge in [0.1, 0.15) is 0 Å². The van der Waals surface area contributed by atoms with Gasteiger partial charge in [0.05, 0.1) is 7.11 Å². The second-order valence-electron chi connectivity index (χ2n) is 7.74. The summed E-state index contributed by atoms with van der Waals surface area (Å²) in [7, 11) is 1.60. The Bertz CT molecular complexity index is 595. The van der Waals surface area contributed by atoms with Crippen LogP contribution in [0.25, 0.3) is 0 Å². The average Bonchev–Trinajstić information content (AvgIpc) is 2.50. The van der Waals surface area contributed by atoms with Gasteiger partial charge >= 0.3 is 0 Å². The van der Waals surface area contributed by atoms with Gasteiger partial charge in [0.15, 0.2) is 18.1 Å². The Morgan fingerprint density at radius 1 is 1.20 bits per heavy atom. The number of carbonyl (C=O) groups excluding carboxylic acids is 1. The van der Waals surface area contributed by atoms with Gasteiger partial charge in [-0.3, -0.25) is 4.79 Å². The van der Waals surface area contributed by atoms with Gasteiger partial charge in [-0.2, -0.15) is 0 Å². The number of methoxy groups -OCH3 is 1. The van der Waals surface area contributed by atoms with Crippen LogP contribution in [0, 0.1) is 0 Å². The monoisotopic (exact) mass is 414 g/mol. The van der Waals surface area contributed by atoms with Gasteiger partial charge in [-0.15, -0.1) is 0 Å². The van der Waals surface area contributed by atoms with Gasteiger partial charge in [0.25, 0.3) is 5.91 Å². The van der Waals surface area contributed by atoms with E-state index in [1.54, 1.807) is 7.11 Å². The van der Waals surface area contributed by atoms with Gasteiger partial charge in [-0.1, -0.05) is 22.9 Å². The molecule has 0 unspecified atom stereocenters. The van der Waals surface area contributed by atoms with E-state index in [9.17, 15) is 4.79 Å². The van der Waals surface area contributed by atoms with E-state index in [-0.39, 0.29) is 23.6 Å². The van der Waals surface area contributed by atoms with Crippen LogP contribution in [0.15, 0.2) is 16.6 Å². The van der Waals surface area contributed by atoms with E-state index in [2.05, 4.69) is 47.3 Å². The molecule has 0 fully saturated rings. The van der Waals surface area contributed by atoms with Gasteiger partial charge in [0.2, 0.25) is 0 Å². The number of benzene rings is 1. The van der Waals surface area contributed by atoms with Crippen molar-refractivity contribution >= 4 is 21.8 Å². The standard InChI is InChI=1S/C19H31BrN2O3/c1-8-19(5,6)21-11-13-14(20)9-10-15(24-7)17(13)25-12-16(23)22-18(2,3)4/h9-10,21H,8,11-12H2,1-7H3,(H,22,23). The Balaban J connectivity index is 2.99. The number of nitrogens with one attached hydrogen (secondary N) is 2. The summed E-state index contributed by atoms with van der Waals surface area (Å²) in [5, 5.41) is 6.41. The predicted molar refractivity (Wildman–Crippen MR) is 105 cm³/mol. The maximum atomic E-state index is 12.1. The van der Waals surface area contributed by atoms with Crippen molar-refractivity contribution in [2.75, 3.05) is 13.7 Å². The van der Waals surface area contributed by atoms with E-state index in [1.807, 2.05) is 32.9 Å². The summed E-state index contributed by atoms with van der Waals surface area (Å²) < 4.78 is 12.2. The molecule has 1 aromatic rings. The molecule has 25 heavy (non-hydrogen) atoms. The van der Waals surface area contributed by atoms with Crippen LogP contribution in [0.5, 0.6) is 11.5 Å². The fourth-order valence-electron chi connectivity index (χ4n) is 2.11. The number of hydrogen-bond acceptors (Lipinski definition) is 4. The highest BCUT2D eigenvalue weighted by Crippen LogP contribution is 2.36. The zero-order valence-corrected chi connectivity index (χ0v) is 18.0. The van der Waals surface area contributed by atoms with Gasteiger partial charge in [0, 0.05) is 27.7 Å². The third-order valence-electron chi connectivity index (χ3n) is 3.88. The quantitative estimate of drug-likeness (QED) is 0.673. The molecular formula is C19H31BrN2O3. The number of rotatable bonds is 8. The van der Waals surface area contributed by atoms with Crippen LogP contribution < -0.4 is 20.1 Å². The lowest BCUT2D eigenvalue weighted by molar-refractivity contribution is -0.124. The van der Waals surface area contributed by atoms with E-state index in [1.165, 1.54) is 0 Å². The van der Waals surface area contributed by atoms with E-state index in [0.717, 1.165) is 16.5 Å². The van der Waals surface area contributed by atoms with Gasteiger partial charge in [-0.05, 0) is 53.2 Å². The molecular weight excluding hydrogens is 384 g/mol. The molecule has 0 aliphatic heterocycles. The Kier molecular flexibility index (Phi) is 7.75. The first kappa shape index (κ1) is 21.8. The van der Waals surface area contributed by atoms with Crippen molar-refractivity contribution in [3.8, 4) is 11.5 Å². The molecule has 0 aromatic heterocycles. The first-order valence-electron chi connectivity index (χ1n) is 8.53. The minimum absolute atomic E-state index is 0.00337. The molecule has 142 valence electrons. The lowest BCUT2D eigenvalue weighted by atomic mass is 10.0. The fourth-order valence-corrected chi connectivity index (χ4v) is 2.56. The van der Waals surface area contributed by atoms with E-state index in [0.29, 0.717) is 18.0 Å². The molecule has 0 spiro atoms. The van der Waals surface area contributed by atoms with Crippen molar-refractivity contribution in [3.05, 3.63) is 22.2 Å². The van der Waals surface area contributed by atoms with Crippen molar-refractivity contribution in [3.63, 3.8) is 0 Å². The molecule has 0 heterocycles. The smallest absolute Gasteiger partial charge is 0.258 e. The molecule has 6 heteroatoms. The fraction of sp³-hybridized carbons (Fsp3) is 0.632. The molecule has 5 nitrogen and oxygen atoms in total. The first-order valence-corrected chi connectivity index (χ1v) is 9.32. The minimum Gasteiger partial charge on any atom is -0.493 e. The molecule has 0 aliphatic carbocycles. The van der Waals surface area contributed by atoms with E-state index >= 15 is 0 Å². The topological polar surface area (TPSA) is 59.6 Å². The molecule has 1 amide bonds. The first-order chi connectivity index (χ1) is 11.5. The molecule has 0 bridgehead atoms. The molecule has 0 saturated heterocycles. The summed E-state index contributed by atoms with van der Waals surface area (Å²) in [5.41, 5.74) is 0.644. The van der Waals surface area contributed by atoms with Crippen molar-refractivity contribution in [2.45, 2.75) is 65.6 Å². The normalized spacial score (nSPS) is 12.0. The molecule has 2 N–H and O–H groups in total. The number of halogens is 1. The van der Waals surface area contributed by atoms with Crippen LogP contribution in [0.2, 0.25) is 0 Å². The minimum atomic E-state index is -0.294. The van der Waals surface area contributed by atoms with Crippen molar-refractivity contribution < 1.29 is 14.3 Å². The molecule has 0 saturated carbocycles. The van der Waals surface area contributed by atoms with Gasteiger partial charge in [-0.25, -0.2) is 0 Å². The SMILES string of the molecule is CCC(C)(C)NCc1c(Br)ccc(OC)c1OCC(=O)NC(C)(C)C. The predicted octanol–water partition coefficient (Wildman–Crippen LogP) is 4.03. The summed E-state index contributed by atoms with van der Waals surface area (Å²) in [5.74, 6) is 1.03. The van der Waals surface area contributed by atoms with Crippen molar-refractivity contribution in [2.24, 2.45) is 0 Å². The number of ether oxygens (including phenoxy) is 2. The largest absolute Gasteiger partial charge is 0.493 e. The van der Waals surface area contributed by atoms with Gasteiger partial charge < -0.3 is 20.1 Å². The third-order valence-corrected chi connectivity index (χ3v) is 4.62. The highest BCUT2D eigenvalue weighted by atomic mass is 79.9. The summed E-state index contributed by atoms with van der Waals surface area (Å²) in [6.45, 7) is 12.8. The second kappa shape index (κ2) is 8.90. The summed E-state index contributed by atoms with van der Waals surface area (Å²) >= 11 is 3.58. The summed E-state index contributed by atoms with van der Waals surface area (Å²) in [6, 6.07) is 3.76. The maximum absolute atomic E-state index is 12.1. The number of amides is 1. The number of carbonyl (C=O) groups is 1. The average molecular weight is 415 g/mol. The zero-order valence-electron chi connectivity index (χ0n) is 16.4. The van der Waals surface area contributed by atoms with Crippen LogP contribution in [0.3, 0.4) is 0 Å². The van der Waals surface area contributed by atoms with Crippen LogP contribution in [-0.2, 0) is 11.3 Å². The highest BCUT2D eigenvalue weighted by molar-refractivity contribution is 9.10. The summed E-state index contributed by atoms with van der Waals surface area (Å²) in [4.78, 5) is 12.1. The Hall–Kier alpha value is -1.27. The lowest BCUT2D eigenvalue weighted by Gasteiger charge is -2.26. The molecule has 0 radical (unpaired) electrons. The van der Waals surface area contributed by atoms with Crippen molar-refractivity contribution in [1.82, 2.24) is 10.6 Å². The van der Waals surface area contributed by atoms with Crippen molar-refractivity contribution in [1.29, 1.82) is 0 Å². The maximum Gasteiger partial charge on any atom is 0.258 e. The molecule has 1 aromatic carbocycles. The molecule has 0 aliphatic rings. The molecule has 0 atom stereocenters. The number of hydrogen-bond donors (Lipinski definition) is 2. The Morgan fingerprint density at radius 2 is 1.84 bits per heavy atom. The highest BCUT2D eigenvalue weighted by Gasteiger charge is 2.20. The Labute approximate surface area is 160 Å². The van der Waals surface area contributed by atoms with E-state index < -0.39 is 0 Å². The summed E-state index contributed by atoms with van der Waals surface area (Å²) in [6.07, 6.45) is 0.999. The zero-order chi connectivity index (χ0) is 19.3.